The van der Waals surface area contributed by atoms with Gasteiger partial charge in [-0.1, -0.05) is 52.5 Å². The molecule has 0 atom stereocenters. The lowest BCUT2D eigenvalue weighted by Gasteiger charge is -2.25. The Hall–Kier alpha value is -1.18. The van der Waals surface area contributed by atoms with Gasteiger partial charge in [0.15, 0.2) is 0 Å². The van der Waals surface area contributed by atoms with E-state index in [-0.39, 0.29) is 37.2 Å². The van der Waals surface area contributed by atoms with Crippen molar-refractivity contribution in [3.63, 3.8) is 0 Å². The van der Waals surface area contributed by atoms with Crippen LogP contribution in [0.2, 0.25) is 20.1 Å². The van der Waals surface area contributed by atoms with Crippen LogP contribution in [0.5, 0.6) is 0 Å². The predicted molar refractivity (Wildman–Crippen MR) is 99.7 cm³/mol. The summed E-state index contributed by atoms with van der Waals surface area (Å²) in [6.45, 7) is -0.335. The highest BCUT2D eigenvalue weighted by molar-refractivity contribution is 7.92. The molecule has 1 N–H and O–H groups in total. The van der Waals surface area contributed by atoms with Gasteiger partial charge in [-0.15, -0.1) is 0 Å². The van der Waals surface area contributed by atoms with Crippen LogP contribution in [0.3, 0.4) is 0 Å². The minimum absolute atomic E-state index is 0.00168. The maximum Gasteiger partial charge on any atom is 0.305 e. The van der Waals surface area contributed by atoms with Gasteiger partial charge in [-0.3, -0.25) is 9.10 Å². The monoisotopic (exact) mass is 441 g/mol. The van der Waals surface area contributed by atoms with Crippen molar-refractivity contribution in [2.75, 3.05) is 10.8 Å². The minimum atomic E-state index is -4.14. The molecule has 0 aliphatic rings. The third kappa shape index (κ3) is 4.51. The molecule has 0 fully saturated rings. The van der Waals surface area contributed by atoms with Gasteiger partial charge >= 0.3 is 5.97 Å². The van der Waals surface area contributed by atoms with Crippen LogP contribution in [0.1, 0.15) is 6.42 Å². The molecule has 2 rings (SSSR count). The van der Waals surface area contributed by atoms with Crippen molar-refractivity contribution in [3.05, 3.63) is 56.5 Å². The van der Waals surface area contributed by atoms with Gasteiger partial charge in [0.05, 0.1) is 37.1 Å². The van der Waals surface area contributed by atoms with Crippen molar-refractivity contribution in [2.45, 2.75) is 11.3 Å². The molecule has 0 unspecified atom stereocenters. The van der Waals surface area contributed by atoms with Crippen LogP contribution in [-0.2, 0) is 14.8 Å². The number of aliphatic carboxylic acids is 1. The molecule has 2 aromatic rings. The first-order valence-electron chi connectivity index (χ1n) is 6.78. The summed E-state index contributed by atoms with van der Waals surface area (Å²) in [6.07, 6.45) is -0.427. The summed E-state index contributed by atoms with van der Waals surface area (Å²) in [6, 6.07) is 8.24. The number of sulfonamides is 1. The third-order valence-electron chi connectivity index (χ3n) is 3.21. The highest BCUT2D eigenvalue weighted by Crippen LogP contribution is 2.36. The Bertz CT molecular complexity index is 918. The van der Waals surface area contributed by atoms with Gasteiger partial charge in [0, 0.05) is 6.54 Å². The van der Waals surface area contributed by atoms with Gasteiger partial charge in [0.25, 0.3) is 10.0 Å². The number of carbonyl (C=O) groups is 1. The zero-order chi connectivity index (χ0) is 18.8. The average Bonchev–Trinajstić information content (AvgIpc) is 2.53. The van der Waals surface area contributed by atoms with Gasteiger partial charge in [0.1, 0.15) is 0 Å². The molecular formula is C15H11Cl4NO4S. The van der Waals surface area contributed by atoms with E-state index in [1.807, 2.05) is 0 Å². The molecule has 2 aromatic carbocycles. The Morgan fingerprint density at radius 1 is 1.00 bits per heavy atom. The SMILES string of the molecule is O=C(O)CCN(c1cccc(Cl)c1Cl)S(=O)(=O)c1ccc(Cl)c(Cl)c1. The van der Waals surface area contributed by atoms with Gasteiger partial charge in [0.2, 0.25) is 0 Å². The average molecular weight is 443 g/mol. The number of hydrogen-bond acceptors (Lipinski definition) is 3. The molecule has 25 heavy (non-hydrogen) atoms. The lowest BCUT2D eigenvalue weighted by Crippen LogP contribution is -2.33. The maximum atomic E-state index is 13.0. The fourth-order valence-corrected chi connectivity index (χ4v) is 4.33. The van der Waals surface area contributed by atoms with E-state index in [2.05, 4.69) is 0 Å². The molecule has 0 saturated carbocycles. The molecule has 0 radical (unpaired) electrons. The molecular weight excluding hydrogens is 432 g/mol. The van der Waals surface area contributed by atoms with E-state index < -0.39 is 22.4 Å². The van der Waals surface area contributed by atoms with E-state index in [4.69, 9.17) is 51.5 Å². The molecule has 0 saturated heterocycles. The second-order valence-corrected chi connectivity index (χ2v) is 8.33. The summed E-state index contributed by atoms with van der Waals surface area (Å²) in [5.41, 5.74) is 0.0708. The summed E-state index contributed by atoms with van der Waals surface area (Å²) in [5, 5.41) is 9.32. The van der Waals surface area contributed by atoms with Crippen molar-refractivity contribution >= 4 is 68.1 Å². The normalized spacial score (nSPS) is 11.4. The first-order valence-corrected chi connectivity index (χ1v) is 9.73. The quantitative estimate of drug-likeness (QED) is 0.685. The number of anilines is 1. The van der Waals surface area contributed by atoms with Crippen LogP contribution in [0.15, 0.2) is 41.3 Å². The van der Waals surface area contributed by atoms with Crippen LogP contribution < -0.4 is 4.31 Å². The van der Waals surface area contributed by atoms with Crippen LogP contribution in [0.4, 0.5) is 5.69 Å². The lowest BCUT2D eigenvalue weighted by molar-refractivity contribution is -0.136. The molecule has 0 bridgehead atoms. The molecule has 5 nitrogen and oxygen atoms in total. The van der Waals surface area contributed by atoms with E-state index in [0.29, 0.717) is 0 Å². The minimum Gasteiger partial charge on any atom is -0.481 e. The van der Waals surface area contributed by atoms with Crippen molar-refractivity contribution in [1.29, 1.82) is 0 Å². The molecule has 0 aliphatic heterocycles. The number of halogens is 4. The Labute approximate surface area is 164 Å². The molecule has 0 aromatic heterocycles. The molecule has 0 aliphatic carbocycles. The fourth-order valence-electron chi connectivity index (χ4n) is 2.02. The third-order valence-corrected chi connectivity index (χ3v) is 6.56. The predicted octanol–water partition coefficient (Wildman–Crippen LogP) is 4.97. The highest BCUT2D eigenvalue weighted by atomic mass is 35.5. The largest absolute Gasteiger partial charge is 0.481 e. The van der Waals surface area contributed by atoms with Crippen LogP contribution >= 0.6 is 46.4 Å². The van der Waals surface area contributed by atoms with Gasteiger partial charge in [-0.05, 0) is 30.3 Å². The van der Waals surface area contributed by atoms with Crippen molar-refractivity contribution in [2.24, 2.45) is 0 Å². The topological polar surface area (TPSA) is 74.7 Å². The number of rotatable bonds is 6. The highest BCUT2D eigenvalue weighted by Gasteiger charge is 2.28. The second kappa shape index (κ2) is 8.01. The lowest BCUT2D eigenvalue weighted by atomic mass is 10.3. The zero-order valence-corrected chi connectivity index (χ0v) is 16.3. The first kappa shape index (κ1) is 20.1. The smallest absolute Gasteiger partial charge is 0.305 e. The second-order valence-electron chi connectivity index (χ2n) is 4.87. The van der Waals surface area contributed by atoms with Gasteiger partial charge < -0.3 is 5.11 Å². The molecule has 0 heterocycles. The summed E-state index contributed by atoms with van der Waals surface area (Å²) in [7, 11) is -4.14. The fraction of sp³-hybridized carbons (Fsp3) is 0.133. The van der Waals surface area contributed by atoms with E-state index in [1.54, 1.807) is 0 Å². The van der Waals surface area contributed by atoms with Crippen LogP contribution in [-0.4, -0.2) is 26.0 Å². The first-order chi connectivity index (χ1) is 11.6. The van der Waals surface area contributed by atoms with Crippen molar-refractivity contribution in [3.8, 4) is 0 Å². The number of nitrogens with zero attached hydrogens (tertiary/aromatic N) is 1. The van der Waals surface area contributed by atoms with Crippen molar-refractivity contribution in [1.82, 2.24) is 0 Å². The molecule has 0 amide bonds. The molecule has 134 valence electrons. The Balaban J connectivity index is 2.59. The summed E-state index contributed by atoms with van der Waals surface area (Å²) in [5.74, 6) is -1.16. The van der Waals surface area contributed by atoms with Crippen molar-refractivity contribution < 1.29 is 18.3 Å². The molecule has 0 spiro atoms. The number of benzene rings is 2. The Kier molecular flexibility index (Phi) is 6.45. The van der Waals surface area contributed by atoms with E-state index in [9.17, 15) is 13.2 Å². The molecule has 10 heteroatoms. The standard InChI is InChI=1S/C15H11Cl4NO4S/c16-10-5-4-9(8-12(10)18)25(23,24)20(7-6-14(21)22)13-3-1-2-11(17)15(13)19/h1-5,8H,6-7H2,(H,21,22). The Morgan fingerprint density at radius 2 is 1.68 bits per heavy atom. The number of carboxylic acid groups (broad SMARTS) is 1. The van der Waals surface area contributed by atoms with Gasteiger partial charge in [-0.2, -0.15) is 0 Å². The van der Waals surface area contributed by atoms with Crippen LogP contribution in [0.25, 0.3) is 0 Å². The van der Waals surface area contributed by atoms with E-state index in [0.717, 1.165) is 4.31 Å². The van der Waals surface area contributed by atoms with E-state index in [1.165, 1.54) is 36.4 Å². The summed E-state index contributed by atoms with van der Waals surface area (Å²) in [4.78, 5) is 10.8. The summed E-state index contributed by atoms with van der Waals surface area (Å²) >= 11 is 23.8. The summed E-state index contributed by atoms with van der Waals surface area (Å²) < 4.78 is 26.9. The zero-order valence-electron chi connectivity index (χ0n) is 12.4. The van der Waals surface area contributed by atoms with E-state index >= 15 is 0 Å². The number of hydrogen-bond donors (Lipinski definition) is 1. The van der Waals surface area contributed by atoms with Crippen LogP contribution in [0, 0.1) is 0 Å². The maximum absolute atomic E-state index is 13.0. The Morgan fingerprint density at radius 3 is 2.28 bits per heavy atom. The van der Waals surface area contributed by atoms with Gasteiger partial charge in [-0.25, -0.2) is 8.42 Å². The number of carboxylic acids is 1.